The normalized spacial score (nSPS) is 20.7. The number of carbonyl (C=O) groups excluding carboxylic acids is 2. The number of hydrogen-bond acceptors (Lipinski definition) is 4. The zero-order chi connectivity index (χ0) is 19.2. The molecular formula is C20H34ClN5O2. The molecular weight excluding hydrogens is 378 g/mol. The molecule has 1 aromatic rings. The first kappa shape index (κ1) is 22.7. The number of likely N-dealkylation sites (tertiary alicyclic amines) is 1. The number of carbonyl (C=O) groups is 2. The third-order valence-corrected chi connectivity index (χ3v) is 5.96. The van der Waals surface area contributed by atoms with Gasteiger partial charge in [-0.3, -0.25) is 14.3 Å². The maximum Gasteiger partial charge on any atom is 0.271 e. The molecule has 8 heteroatoms. The minimum absolute atomic E-state index is 0. The van der Waals surface area contributed by atoms with Crippen molar-refractivity contribution < 1.29 is 9.59 Å². The number of aromatic nitrogens is 2. The highest BCUT2D eigenvalue weighted by Crippen LogP contribution is 2.18. The van der Waals surface area contributed by atoms with Crippen LogP contribution in [0, 0.1) is 5.92 Å². The summed E-state index contributed by atoms with van der Waals surface area (Å²) >= 11 is 0. The molecule has 1 aromatic heterocycles. The third kappa shape index (κ3) is 5.47. The highest BCUT2D eigenvalue weighted by molar-refractivity contribution is 5.92. The Morgan fingerprint density at radius 2 is 1.96 bits per heavy atom. The molecule has 2 aliphatic heterocycles. The van der Waals surface area contributed by atoms with Crippen LogP contribution in [-0.2, 0) is 4.79 Å². The van der Waals surface area contributed by atoms with Crippen molar-refractivity contribution in [2.24, 2.45) is 5.92 Å². The summed E-state index contributed by atoms with van der Waals surface area (Å²) in [6.45, 7) is 7.56. The first-order valence-electron chi connectivity index (χ1n) is 10.5. The number of piperidine rings is 2. The first-order valence-corrected chi connectivity index (χ1v) is 10.5. The number of hydrogen-bond donors (Lipinski definition) is 2. The fraction of sp³-hybridized carbons (Fsp3) is 0.750. The second-order valence-corrected chi connectivity index (χ2v) is 7.77. The van der Waals surface area contributed by atoms with Crippen LogP contribution in [0.5, 0.6) is 0 Å². The Balaban J connectivity index is 0.00000280. The minimum atomic E-state index is -0.109. The van der Waals surface area contributed by atoms with Gasteiger partial charge in [-0.1, -0.05) is 13.8 Å². The quantitative estimate of drug-likeness (QED) is 0.753. The molecule has 0 aliphatic carbocycles. The van der Waals surface area contributed by atoms with Gasteiger partial charge in [-0.05, 0) is 51.1 Å². The summed E-state index contributed by atoms with van der Waals surface area (Å²) in [7, 11) is 0. The predicted octanol–water partition coefficient (Wildman–Crippen LogP) is 2.39. The van der Waals surface area contributed by atoms with E-state index >= 15 is 0 Å². The Labute approximate surface area is 174 Å². The molecule has 0 aromatic carbocycles. The van der Waals surface area contributed by atoms with Gasteiger partial charge in [0.15, 0.2) is 0 Å². The molecule has 158 valence electrons. The average Bonchev–Trinajstić information content (AvgIpc) is 3.20. The largest absolute Gasteiger partial charge is 0.348 e. The summed E-state index contributed by atoms with van der Waals surface area (Å²) in [6, 6.07) is 2.25. The Bertz CT molecular complexity index is 632. The van der Waals surface area contributed by atoms with E-state index in [1.807, 2.05) is 15.8 Å². The summed E-state index contributed by atoms with van der Waals surface area (Å²) in [6.07, 6.45) is 7.55. The first-order chi connectivity index (χ1) is 13.1. The van der Waals surface area contributed by atoms with Crippen molar-refractivity contribution in [1.29, 1.82) is 0 Å². The van der Waals surface area contributed by atoms with Gasteiger partial charge < -0.3 is 15.5 Å². The molecule has 0 spiro atoms. The minimum Gasteiger partial charge on any atom is -0.348 e. The molecule has 2 fully saturated rings. The average molecular weight is 412 g/mol. The standard InChI is InChI=1S/C20H33N5O2.ClH/c1-3-15(4-2)20(27)24-11-7-16(8-12-24)22-19(26)18-9-13-25(23-18)17-6-5-10-21-14-17;/h9,13,15-17,21H,3-8,10-12,14H2,1-2H3,(H,22,26);1H. The number of nitrogens with zero attached hydrogens (tertiary/aromatic N) is 3. The van der Waals surface area contributed by atoms with Crippen molar-refractivity contribution in [1.82, 2.24) is 25.3 Å². The van der Waals surface area contributed by atoms with E-state index in [0.717, 1.165) is 64.7 Å². The van der Waals surface area contributed by atoms with E-state index in [4.69, 9.17) is 0 Å². The van der Waals surface area contributed by atoms with Crippen LogP contribution in [-0.4, -0.2) is 58.7 Å². The summed E-state index contributed by atoms with van der Waals surface area (Å²) in [5, 5.41) is 11.0. The zero-order valence-corrected chi connectivity index (χ0v) is 17.8. The lowest BCUT2D eigenvalue weighted by molar-refractivity contribution is -0.136. The lowest BCUT2D eigenvalue weighted by Crippen LogP contribution is -2.48. The smallest absolute Gasteiger partial charge is 0.271 e. The van der Waals surface area contributed by atoms with Crippen LogP contribution in [0.1, 0.15) is 68.9 Å². The highest BCUT2D eigenvalue weighted by atomic mass is 35.5. The van der Waals surface area contributed by atoms with Gasteiger partial charge in [0.05, 0.1) is 6.04 Å². The van der Waals surface area contributed by atoms with E-state index in [-0.39, 0.29) is 36.2 Å². The van der Waals surface area contributed by atoms with E-state index in [1.165, 1.54) is 0 Å². The lowest BCUT2D eigenvalue weighted by Gasteiger charge is -2.34. The van der Waals surface area contributed by atoms with Crippen molar-refractivity contribution >= 4 is 24.2 Å². The van der Waals surface area contributed by atoms with Gasteiger partial charge in [0.25, 0.3) is 5.91 Å². The molecule has 2 aliphatic rings. The molecule has 0 radical (unpaired) electrons. The van der Waals surface area contributed by atoms with Crippen LogP contribution < -0.4 is 10.6 Å². The van der Waals surface area contributed by atoms with Crippen molar-refractivity contribution in [2.45, 2.75) is 64.5 Å². The van der Waals surface area contributed by atoms with Crippen LogP contribution in [0.4, 0.5) is 0 Å². The van der Waals surface area contributed by atoms with Crippen LogP contribution in [0.2, 0.25) is 0 Å². The molecule has 1 unspecified atom stereocenters. The van der Waals surface area contributed by atoms with Crippen molar-refractivity contribution in [3.05, 3.63) is 18.0 Å². The zero-order valence-electron chi connectivity index (χ0n) is 17.0. The highest BCUT2D eigenvalue weighted by Gasteiger charge is 2.27. The Morgan fingerprint density at radius 1 is 1.25 bits per heavy atom. The Morgan fingerprint density at radius 3 is 2.57 bits per heavy atom. The van der Waals surface area contributed by atoms with Gasteiger partial charge in [-0.15, -0.1) is 12.4 Å². The van der Waals surface area contributed by atoms with Crippen molar-refractivity contribution in [3.63, 3.8) is 0 Å². The molecule has 2 N–H and O–H groups in total. The maximum atomic E-state index is 12.5. The molecule has 3 rings (SSSR count). The Kier molecular flexibility index (Phi) is 8.76. The molecule has 7 nitrogen and oxygen atoms in total. The number of amides is 2. The molecule has 2 amide bonds. The molecule has 0 saturated carbocycles. The van der Waals surface area contributed by atoms with Crippen LogP contribution in [0.3, 0.4) is 0 Å². The maximum absolute atomic E-state index is 12.5. The van der Waals surface area contributed by atoms with Crippen LogP contribution in [0.15, 0.2) is 12.3 Å². The molecule has 1 atom stereocenters. The molecule has 2 saturated heterocycles. The summed E-state index contributed by atoms with van der Waals surface area (Å²) < 4.78 is 1.91. The second kappa shape index (κ2) is 10.8. The molecule has 28 heavy (non-hydrogen) atoms. The Hall–Kier alpha value is -1.60. The van der Waals surface area contributed by atoms with E-state index in [2.05, 4.69) is 29.6 Å². The van der Waals surface area contributed by atoms with Gasteiger partial charge >= 0.3 is 0 Å². The van der Waals surface area contributed by atoms with Gasteiger partial charge in [0, 0.05) is 37.8 Å². The van der Waals surface area contributed by atoms with Crippen molar-refractivity contribution in [2.75, 3.05) is 26.2 Å². The van der Waals surface area contributed by atoms with E-state index in [0.29, 0.717) is 11.7 Å². The van der Waals surface area contributed by atoms with Crippen LogP contribution >= 0.6 is 12.4 Å². The topological polar surface area (TPSA) is 79.3 Å². The predicted molar refractivity (Wildman–Crippen MR) is 112 cm³/mol. The van der Waals surface area contributed by atoms with E-state index in [9.17, 15) is 9.59 Å². The fourth-order valence-electron chi connectivity index (χ4n) is 4.12. The van der Waals surface area contributed by atoms with Crippen molar-refractivity contribution in [3.8, 4) is 0 Å². The van der Waals surface area contributed by atoms with Gasteiger partial charge in [0.2, 0.25) is 5.91 Å². The van der Waals surface area contributed by atoms with Crippen LogP contribution in [0.25, 0.3) is 0 Å². The van der Waals surface area contributed by atoms with Gasteiger partial charge in [-0.25, -0.2) is 0 Å². The van der Waals surface area contributed by atoms with E-state index < -0.39 is 0 Å². The van der Waals surface area contributed by atoms with E-state index in [1.54, 1.807) is 6.07 Å². The fourth-order valence-corrected chi connectivity index (χ4v) is 4.12. The summed E-state index contributed by atoms with van der Waals surface area (Å²) in [5.41, 5.74) is 0.483. The SMILES string of the molecule is CCC(CC)C(=O)N1CCC(NC(=O)c2ccn(C3CCCNC3)n2)CC1.Cl. The summed E-state index contributed by atoms with van der Waals surface area (Å²) in [5.74, 6) is 0.293. The second-order valence-electron chi connectivity index (χ2n) is 7.77. The third-order valence-electron chi connectivity index (χ3n) is 5.96. The summed E-state index contributed by atoms with van der Waals surface area (Å²) in [4.78, 5) is 27.0. The van der Waals surface area contributed by atoms with Gasteiger partial charge in [-0.2, -0.15) is 5.10 Å². The number of rotatable bonds is 6. The number of halogens is 1. The number of nitrogens with one attached hydrogen (secondary N) is 2. The monoisotopic (exact) mass is 411 g/mol. The molecule has 0 bridgehead atoms. The van der Waals surface area contributed by atoms with Gasteiger partial charge in [0.1, 0.15) is 5.69 Å². The molecule has 3 heterocycles. The lowest BCUT2D eigenvalue weighted by atomic mass is 9.98.